The molecule has 2 aliphatic carbocycles. The van der Waals surface area contributed by atoms with E-state index in [1.165, 1.54) is 25.7 Å². The maximum atomic E-state index is 12.1. The molecule has 0 saturated heterocycles. The Bertz CT molecular complexity index is 757. The zero-order chi connectivity index (χ0) is 17.2. The Hall–Kier alpha value is -2.37. The summed E-state index contributed by atoms with van der Waals surface area (Å²) < 4.78 is 15.7. The van der Waals surface area contributed by atoms with Gasteiger partial charge >= 0.3 is 5.97 Å². The Morgan fingerprint density at radius 2 is 2.24 bits per heavy atom. The first kappa shape index (κ1) is 16.1. The number of nitrogens with zero attached hydrogens (tertiary/aromatic N) is 2. The van der Waals surface area contributed by atoms with Crippen molar-refractivity contribution in [2.45, 2.75) is 38.7 Å². The van der Waals surface area contributed by atoms with Crippen LogP contribution in [0.4, 0.5) is 0 Å². The molecule has 132 valence electrons. The number of carbonyl (C=O) groups excluding carboxylic acids is 1. The normalized spacial score (nSPS) is 24.4. The Labute approximate surface area is 146 Å². The third-order valence-electron chi connectivity index (χ3n) is 5.47. The zero-order valence-corrected chi connectivity index (χ0v) is 14.3. The van der Waals surface area contributed by atoms with E-state index in [1.807, 2.05) is 24.3 Å². The molecule has 2 aromatic rings. The third-order valence-corrected chi connectivity index (χ3v) is 5.47. The molecule has 0 amide bonds. The van der Waals surface area contributed by atoms with Gasteiger partial charge in [0.15, 0.2) is 6.61 Å². The molecule has 3 atom stereocenters. The Balaban J connectivity index is 1.31. The molecule has 2 bridgehead atoms. The minimum atomic E-state index is -0.168. The van der Waals surface area contributed by atoms with Gasteiger partial charge in [-0.3, -0.25) is 4.79 Å². The summed E-state index contributed by atoms with van der Waals surface area (Å²) in [5.74, 6) is 3.38. The standard InChI is InChI=1S/C19H22N2O4/c1-23-16-4-2-3-14(9-16)19-20-17(25-21-19)11-24-18(22)10-15-8-12-5-6-13(15)7-12/h2-4,9,12-13,15H,5-8,10-11H2,1H3/t12-,13-,15+/m1/s1. The monoisotopic (exact) mass is 342 g/mol. The van der Waals surface area contributed by atoms with Crippen LogP contribution in [0, 0.1) is 17.8 Å². The van der Waals surface area contributed by atoms with Gasteiger partial charge in [0.2, 0.25) is 5.82 Å². The van der Waals surface area contributed by atoms with E-state index in [2.05, 4.69) is 10.1 Å². The van der Waals surface area contributed by atoms with E-state index in [-0.39, 0.29) is 12.6 Å². The van der Waals surface area contributed by atoms with E-state index in [1.54, 1.807) is 7.11 Å². The average Bonchev–Trinajstić information content (AvgIpc) is 3.37. The Morgan fingerprint density at radius 3 is 3.00 bits per heavy atom. The molecule has 2 saturated carbocycles. The summed E-state index contributed by atoms with van der Waals surface area (Å²) in [5.41, 5.74) is 0.794. The van der Waals surface area contributed by atoms with Crippen LogP contribution in [0.1, 0.15) is 38.0 Å². The first-order chi connectivity index (χ1) is 12.2. The Morgan fingerprint density at radius 1 is 1.32 bits per heavy atom. The van der Waals surface area contributed by atoms with Gasteiger partial charge in [-0.15, -0.1) is 0 Å². The number of esters is 1. The number of carbonyl (C=O) groups is 1. The molecule has 0 N–H and O–H groups in total. The van der Waals surface area contributed by atoms with E-state index in [4.69, 9.17) is 14.0 Å². The lowest BCUT2D eigenvalue weighted by Crippen LogP contribution is -2.17. The number of aromatic nitrogens is 2. The zero-order valence-electron chi connectivity index (χ0n) is 14.3. The van der Waals surface area contributed by atoms with E-state index in [0.29, 0.717) is 24.1 Å². The molecule has 0 spiro atoms. The predicted octanol–water partition coefficient (Wildman–Crippen LogP) is 3.61. The van der Waals surface area contributed by atoms with Gasteiger partial charge in [-0.1, -0.05) is 23.7 Å². The molecule has 1 aromatic carbocycles. The van der Waals surface area contributed by atoms with Crippen molar-refractivity contribution in [3.05, 3.63) is 30.2 Å². The molecule has 2 aliphatic rings. The molecule has 1 heterocycles. The lowest BCUT2D eigenvalue weighted by Gasteiger charge is -2.20. The Kier molecular flexibility index (Phi) is 4.42. The fraction of sp³-hybridized carbons (Fsp3) is 0.526. The van der Waals surface area contributed by atoms with E-state index in [9.17, 15) is 4.79 Å². The highest BCUT2D eigenvalue weighted by atomic mass is 16.6. The van der Waals surface area contributed by atoms with E-state index < -0.39 is 0 Å². The summed E-state index contributed by atoms with van der Waals surface area (Å²) in [6, 6.07) is 7.41. The van der Waals surface area contributed by atoms with Crippen LogP contribution in [-0.4, -0.2) is 23.2 Å². The number of rotatable bonds is 6. The van der Waals surface area contributed by atoms with Crippen LogP contribution < -0.4 is 4.74 Å². The van der Waals surface area contributed by atoms with Crippen LogP contribution in [0.2, 0.25) is 0 Å². The number of methoxy groups -OCH3 is 1. The number of fused-ring (bicyclic) bond motifs is 2. The molecule has 25 heavy (non-hydrogen) atoms. The second kappa shape index (κ2) is 6.86. The summed E-state index contributed by atoms with van der Waals surface area (Å²) >= 11 is 0. The van der Waals surface area contributed by atoms with Crippen LogP contribution in [0.25, 0.3) is 11.4 Å². The van der Waals surface area contributed by atoms with Crippen molar-refractivity contribution in [1.82, 2.24) is 10.1 Å². The average molecular weight is 342 g/mol. The SMILES string of the molecule is COc1cccc(-c2noc(COC(=O)C[C@@H]3C[C@@H]4CC[C@@H]3C4)n2)c1. The predicted molar refractivity (Wildman–Crippen MR) is 89.6 cm³/mol. The van der Waals surface area contributed by atoms with E-state index in [0.717, 1.165) is 23.1 Å². The fourth-order valence-corrected chi connectivity index (χ4v) is 4.23. The second-order valence-corrected chi connectivity index (χ2v) is 7.04. The number of hydrogen-bond acceptors (Lipinski definition) is 6. The summed E-state index contributed by atoms with van der Waals surface area (Å²) in [7, 11) is 1.61. The molecule has 4 rings (SSSR count). The largest absolute Gasteiger partial charge is 0.497 e. The van der Waals surface area contributed by atoms with Gasteiger partial charge in [0.05, 0.1) is 7.11 Å². The van der Waals surface area contributed by atoms with Crippen molar-refractivity contribution in [3.8, 4) is 17.1 Å². The van der Waals surface area contributed by atoms with Crippen LogP contribution in [-0.2, 0) is 16.1 Å². The molecule has 6 heteroatoms. The quantitative estimate of drug-likeness (QED) is 0.747. The number of ether oxygens (including phenoxy) is 2. The van der Waals surface area contributed by atoms with Crippen LogP contribution in [0.15, 0.2) is 28.8 Å². The smallest absolute Gasteiger partial charge is 0.306 e. The van der Waals surface area contributed by atoms with Gasteiger partial charge in [-0.05, 0) is 49.1 Å². The van der Waals surface area contributed by atoms with Gasteiger partial charge in [-0.25, -0.2) is 0 Å². The van der Waals surface area contributed by atoms with Crippen LogP contribution in [0.3, 0.4) is 0 Å². The minimum absolute atomic E-state index is 0.0244. The topological polar surface area (TPSA) is 74.5 Å². The van der Waals surface area contributed by atoms with Gasteiger partial charge < -0.3 is 14.0 Å². The van der Waals surface area contributed by atoms with Gasteiger partial charge in [-0.2, -0.15) is 4.98 Å². The highest BCUT2D eigenvalue weighted by Gasteiger charge is 2.40. The first-order valence-corrected chi connectivity index (χ1v) is 8.84. The summed E-state index contributed by atoms with van der Waals surface area (Å²) in [6.07, 6.45) is 5.60. The molecule has 0 aliphatic heterocycles. The van der Waals surface area contributed by atoms with Crippen molar-refractivity contribution < 1.29 is 18.8 Å². The first-order valence-electron chi connectivity index (χ1n) is 8.84. The molecule has 0 unspecified atom stereocenters. The third kappa shape index (κ3) is 3.52. The fourth-order valence-electron chi connectivity index (χ4n) is 4.23. The lowest BCUT2D eigenvalue weighted by molar-refractivity contribution is -0.147. The molecular weight excluding hydrogens is 320 g/mol. The molecule has 1 aromatic heterocycles. The van der Waals surface area contributed by atoms with Crippen LogP contribution in [0.5, 0.6) is 5.75 Å². The number of hydrogen-bond donors (Lipinski definition) is 0. The summed E-state index contributed by atoms with van der Waals surface area (Å²) in [5, 5.41) is 3.94. The van der Waals surface area contributed by atoms with Gasteiger partial charge in [0.25, 0.3) is 5.89 Å². The lowest BCUT2D eigenvalue weighted by atomic mass is 9.86. The van der Waals surface area contributed by atoms with Crippen molar-refractivity contribution in [2.75, 3.05) is 7.11 Å². The second-order valence-electron chi connectivity index (χ2n) is 7.04. The van der Waals surface area contributed by atoms with Crippen LogP contribution >= 0.6 is 0 Å². The van der Waals surface area contributed by atoms with Crippen molar-refractivity contribution >= 4 is 5.97 Å². The maximum absolute atomic E-state index is 12.1. The van der Waals surface area contributed by atoms with Crippen molar-refractivity contribution in [2.24, 2.45) is 17.8 Å². The molecule has 6 nitrogen and oxygen atoms in total. The number of benzene rings is 1. The van der Waals surface area contributed by atoms with Gasteiger partial charge in [0, 0.05) is 12.0 Å². The maximum Gasteiger partial charge on any atom is 0.306 e. The van der Waals surface area contributed by atoms with Gasteiger partial charge in [0.1, 0.15) is 5.75 Å². The van der Waals surface area contributed by atoms with E-state index >= 15 is 0 Å². The molecule has 0 radical (unpaired) electrons. The summed E-state index contributed by atoms with van der Waals surface area (Å²) in [6.45, 7) is 0.0244. The minimum Gasteiger partial charge on any atom is -0.497 e. The molecule has 2 fully saturated rings. The summed E-state index contributed by atoms with van der Waals surface area (Å²) in [4.78, 5) is 16.4. The van der Waals surface area contributed by atoms with Crippen molar-refractivity contribution in [3.63, 3.8) is 0 Å². The highest BCUT2D eigenvalue weighted by molar-refractivity contribution is 5.69. The molecular formula is C19H22N2O4. The highest BCUT2D eigenvalue weighted by Crippen LogP contribution is 2.49. The van der Waals surface area contributed by atoms with Crippen molar-refractivity contribution in [1.29, 1.82) is 0 Å².